The number of methoxy groups -OCH3 is 1. The van der Waals surface area contributed by atoms with E-state index in [1.54, 1.807) is 0 Å². The summed E-state index contributed by atoms with van der Waals surface area (Å²) in [7, 11) is 0.993. The number of esters is 1. The van der Waals surface area contributed by atoms with Crippen LogP contribution in [0.2, 0.25) is 0 Å². The highest BCUT2D eigenvalue weighted by Gasteiger charge is 2.28. The van der Waals surface area contributed by atoms with Crippen molar-refractivity contribution in [3.05, 3.63) is 33.3 Å². The monoisotopic (exact) mass is 264 g/mol. The molecule has 0 atom stereocenters. The molecule has 98 valence electrons. The third kappa shape index (κ3) is 2.93. The van der Waals surface area contributed by atoms with E-state index in [-0.39, 0.29) is 0 Å². The minimum Gasteiger partial charge on any atom is -0.469 e. The summed E-state index contributed by atoms with van der Waals surface area (Å²) in [5.74, 6) is -3.49. The van der Waals surface area contributed by atoms with Crippen molar-refractivity contribution in [2.45, 2.75) is 12.8 Å². The Hall–Kier alpha value is -2.19. The van der Waals surface area contributed by atoms with Gasteiger partial charge in [-0.1, -0.05) is 0 Å². The lowest BCUT2D eigenvalue weighted by molar-refractivity contribution is -0.390. The lowest BCUT2D eigenvalue weighted by Gasteiger charge is -2.07. The molecule has 0 radical (unpaired) electrons. The fraction of sp³-hybridized carbons (Fsp3) is 0.333. The Bertz CT molecular complexity index is 493. The number of ether oxygens (including phenoxy) is 1. The molecule has 0 spiro atoms. The second-order valence-electron chi connectivity index (χ2n) is 3.15. The van der Waals surface area contributed by atoms with E-state index in [0.29, 0.717) is 6.07 Å². The highest BCUT2D eigenvalue weighted by Crippen LogP contribution is 2.29. The lowest BCUT2D eigenvalue weighted by atomic mass is 10.1. The smallest absolute Gasteiger partial charge is 0.371 e. The van der Waals surface area contributed by atoms with Gasteiger partial charge in [0.15, 0.2) is 0 Å². The Balaban J connectivity index is 3.40. The number of hydrogen-bond acceptors (Lipinski definition) is 5. The van der Waals surface area contributed by atoms with Crippen molar-refractivity contribution in [1.82, 2.24) is 4.98 Å². The number of carbonyl (C=O) groups is 1. The van der Waals surface area contributed by atoms with Crippen molar-refractivity contribution < 1.29 is 27.6 Å². The molecule has 0 fully saturated rings. The predicted molar refractivity (Wildman–Crippen MR) is 51.5 cm³/mol. The molecule has 0 unspecified atom stereocenters. The first-order valence-corrected chi connectivity index (χ1v) is 4.55. The molecule has 0 aliphatic rings. The molecular formula is C9H7F3N2O4. The molecule has 0 aliphatic carbocycles. The van der Waals surface area contributed by atoms with Gasteiger partial charge in [0.2, 0.25) is 0 Å². The topological polar surface area (TPSA) is 82.3 Å². The van der Waals surface area contributed by atoms with Gasteiger partial charge < -0.3 is 14.9 Å². The van der Waals surface area contributed by atoms with Crippen LogP contribution in [0.3, 0.4) is 0 Å². The summed E-state index contributed by atoms with van der Waals surface area (Å²) in [4.78, 5) is 23.4. The number of pyridine rings is 1. The van der Waals surface area contributed by atoms with Crippen molar-refractivity contribution in [1.29, 1.82) is 0 Å². The zero-order valence-electron chi connectivity index (χ0n) is 9.02. The second kappa shape index (κ2) is 5.43. The SMILES string of the molecule is COC(=O)Cc1c(C(F)F)cc(F)nc1[N+](=O)[O-]. The second-order valence-corrected chi connectivity index (χ2v) is 3.15. The minimum atomic E-state index is -3.17. The van der Waals surface area contributed by atoms with Gasteiger partial charge in [0.1, 0.15) is 0 Å². The zero-order chi connectivity index (χ0) is 13.9. The van der Waals surface area contributed by atoms with Crippen molar-refractivity contribution in [3.8, 4) is 0 Å². The van der Waals surface area contributed by atoms with Crippen LogP contribution in [-0.2, 0) is 16.0 Å². The normalized spacial score (nSPS) is 10.5. The largest absolute Gasteiger partial charge is 0.469 e. The summed E-state index contributed by atoms with van der Waals surface area (Å²) >= 11 is 0. The number of nitro groups is 1. The van der Waals surface area contributed by atoms with E-state index in [9.17, 15) is 28.1 Å². The molecular weight excluding hydrogens is 257 g/mol. The summed E-state index contributed by atoms with van der Waals surface area (Å²) < 4.78 is 42.4. The summed E-state index contributed by atoms with van der Waals surface area (Å²) in [6, 6.07) is 0.357. The molecule has 0 aliphatic heterocycles. The van der Waals surface area contributed by atoms with Crippen LogP contribution in [0, 0.1) is 16.1 Å². The van der Waals surface area contributed by atoms with E-state index < -0.39 is 46.6 Å². The Morgan fingerprint density at radius 1 is 1.61 bits per heavy atom. The third-order valence-electron chi connectivity index (χ3n) is 2.06. The minimum absolute atomic E-state index is 0.357. The molecule has 9 heteroatoms. The summed E-state index contributed by atoms with van der Waals surface area (Å²) in [5.41, 5.74) is -1.59. The van der Waals surface area contributed by atoms with Crippen molar-refractivity contribution in [3.63, 3.8) is 0 Å². The van der Waals surface area contributed by atoms with E-state index in [1.165, 1.54) is 0 Å². The fourth-order valence-corrected chi connectivity index (χ4v) is 1.29. The molecule has 1 heterocycles. The Morgan fingerprint density at radius 2 is 2.22 bits per heavy atom. The first-order chi connectivity index (χ1) is 8.36. The van der Waals surface area contributed by atoms with Gasteiger partial charge in [-0.2, -0.15) is 4.39 Å². The number of aromatic nitrogens is 1. The van der Waals surface area contributed by atoms with Crippen LogP contribution < -0.4 is 0 Å². The maximum Gasteiger partial charge on any atom is 0.371 e. The third-order valence-corrected chi connectivity index (χ3v) is 2.06. The van der Waals surface area contributed by atoms with Crippen LogP contribution in [0.25, 0.3) is 0 Å². The standard InChI is InChI=1S/C9H7F3N2O4/c1-18-7(15)3-5-4(8(11)12)2-6(10)13-9(5)14(16)17/h2,8H,3H2,1H3. The number of carbonyl (C=O) groups excluding carboxylic acids is 1. The van der Waals surface area contributed by atoms with Crippen LogP contribution in [0.15, 0.2) is 6.07 Å². The van der Waals surface area contributed by atoms with Gasteiger partial charge in [0, 0.05) is 11.6 Å². The average Bonchev–Trinajstić information content (AvgIpc) is 2.29. The van der Waals surface area contributed by atoms with Crippen LogP contribution in [0.4, 0.5) is 19.0 Å². The molecule has 0 N–H and O–H groups in total. The Kier molecular flexibility index (Phi) is 4.18. The van der Waals surface area contributed by atoms with Crippen molar-refractivity contribution >= 4 is 11.8 Å². The molecule has 0 amide bonds. The molecule has 1 rings (SSSR count). The van der Waals surface area contributed by atoms with Gasteiger partial charge in [-0.25, -0.2) is 8.78 Å². The van der Waals surface area contributed by atoms with Gasteiger partial charge in [-0.15, -0.1) is 0 Å². The molecule has 6 nitrogen and oxygen atoms in total. The summed E-state index contributed by atoms with van der Waals surface area (Å²) in [5, 5.41) is 10.6. The summed E-state index contributed by atoms with van der Waals surface area (Å²) in [6.07, 6.45) is -3.94. The molecule has 0 saturated carbocycles. The van der Waals surface area contributed by atoms with Gasteiger partial charge >= 0.3 is 17.7 Å². The zero-order valence-corrected chi connectivity index (χ0v) is 9.02. The maximum atomic E-state index is 12.9. The quantitative estimate of drug-likeness (QED) is 0.358. The van der Waals surface area contributed by atoms with E-state index in [2.05, 4.69) is 9.72 Å². The van der Waals surface area contributed by atoms with E-state index in [1.807, 2.05) is 0 Å². The Labute approximate surface area is 98.5 Å². The molecule has 1 aromatic heterocycles. The van der Waals surface area contributed by atoms with Gasteiger partial charge in [-0.3, -0.25) is 4.79 Å². The van der Waals surface area contributed by atoms with Crippen molar-refractivity contribution in [2.75, 3.05) is 7.11 Å². The van der Waals surface area contributed by atoms with Gasteiger partial charge in [0.05, 0.1) is 19.1 Å². The molecule has 18 heavy (non-hydrogen) atoms. The first-order valence-electron chi connectivity index (χ1n) is 4.55. The number of nitrogens with zero attached hydrogens (tertiary/aromatic N) is 2. The van der Waals surface area contributed by atoms with Crippen LogP contribution in [0.5, 0.6) is 0 Å². The van der Waals surface area contributed by atoms with Crippen LogP contribution in [-0.4, -0.2) is 23.0 Å². The van der Waals surface area contributed by atoms with Crippen molar-refractivity contribution in [2.24, 2.45) is 0 Å². The lowest BCUT2D eigenvalue weighted by Crippen LogP contribution is -2.12. The molecule has 0 bridgehead atoms. The molecule has 0 aromatic carbocycles. The van der Waals surface area contributed by atoms with Crippen LogP contribution in [0.1, 0.15) is 17.6 Å². The highest BCUT2D eigenvalue weighted by molar-refractivity contribution is 5.74. The van der Waals surface area contributed by atoms with E-state index in [4.69, 9.17) is 0 Å². The molecule has 1 aromatic rings. The Morgan fingerprint density at radius 3 is 2.67 bits per heavy atom. The number of alkyl halides is 2. The maximum absolute atomic E-state index is 12.9. The van der Waals surface area contributed by atoms with E-state index in [0.717, 1.165) is 7.11 Å². The van der Waals surface area contributed by atoms with Gasteiger partial charge in [0.25, 0.3) is 6.43 Å². The van der Waals surface area contributed by atoms with E-state index >= 15 is 0 Å². The first kappa shape index (κ1) is 13.9. The molecule has 0 saturated heterocycles. The number of hydrogen-bond donors (Lipinski definition) is 0. The predicted octanol–water partition coefficient (Wildman–Crippen LogP) is 1.78. The fourth-order valence-electron chi connectivity index (χ4n) is 1.29. The van der Waals surface area contributed by atoms with Gasteiger partial charge in [-0.05, 0) is 9.91 Å². The highest BCUT2D eigenvalue weighted by atomic mass is 19.3. The number of rotatable bonds is 4. The summed E-state index contributed by atoms with van der Waals surface area (Å²) in [6.45, 7) is 0. The van der Waals surface area contributed by atoms with Crippen LogP contribution >= 0.6 is 0 Å². The average molecular weight is 264 g/mol. The number of halogens is 3.